The van der Waals surface area contributed by atoms with Crippen molar-refractivity contribution in [3.05, 3.63) is 32.1 Å². The van der Waals surface area contributed by atoms with Crippen LogP contribution in [0.1, 0.15) is 17.7 Å². The van der Waals surface area contributed by atoms with Crippen LogP contribution in [0, 0.1) is 0 Å². The summed E-state index contributed by atoms with van der Waals surface area (Å²) in [5.74, 6) is 0. The van der Waals surface area contributed by atoms with Crippen LogP contribution in [0.5, 0.6) is 0 Å². The van der Waals surface area contributed by atoms with Crippen LogP contribution in [0.15, 0.2) is 9.59 Å². The molecule has 0 amide bonds. The second kappa shape index (κ2) is 2.85. The number of nitrogens with two attached hydrogens (primary N) is 1. The van der Waals surface area contributed by atoms with Gasteiger partial charge in [-0.1, -0.05) is 0 Å². The molecule has 1 aliphatic rings. The lowest BCUT2D eigenvalue weighted by molar-refractivity contribution is 0.558. The van der Waals surface area contributed by atoms with E-state index >= 15 is 0 Å². The molecule has 4 N–H and O–H groups in total. The van der Waals surface area contributed by atoms with Gasteiger partial charge in [-0.2, -0.15) is 0 Å². The first-order valence-electron chi connectivity index (χ1n) is 4.27. The van der Waals surface area contributed by atoms with E-state index in [1.165, 1.54) is 0 Å². The predicted molar refractivity (Wildman–Crippen MR) is 47.7 cm³/mol. The third-order valence-corrected chi connectivity index (χ3v) is 2.36. The van der Waals surface area contributed by atoms with Gasteiger partial charge in [-0.05, 0) is 19.3 Å². The van der Waals surface area contributed by atoms with Crippen molar-refractivity contribution in [2.45, 2.75) is 25.3 Å². The Morgan fingerprint density at radius 1 is 1.31 bits per heavy atom. The summed E-state index contributed by atoms with van der Waals surface area (Å²) in [4.78, 5) is 27.0. The van der Waals surface area contributed by atoms with Gasteiger partial charge < -0.3 is 10.7 Å². The minimum absolute atomic E-state index is 0.0412. The van der Waals surface area contributed by atoms with Crippen LogP contribution in [0.3, 0.4) is 0 Å². The largest absolute Gasteiger partial charge is 0.327 e. The number of aryl methyl sites for hydroxylation is 1. The first-order valence-corrected chi connectivity index (χ1v) is 4.27. The number of aromatic amines is 2. The van der Waals surface area contributed by atoms with Crippen molar-refractivity contribution in [2.75, 3.05) is 0 Å². The molecule has 5 heteroatoms. The molecule has 0 spiro atoms. The molecule has 1 aromatic heterocycles. The van der Waals surface area contributed by atoms with Crippen molar-refractivity contribution in [1.82, 2.24) is 9.97 Å². The molecule has 2 rings (SSSR count). The molecule has 0 saturated heterocycles. The van der Waals surface area contributed by atoms with Gasteiger partial charge in [0.2, 0.25) is 0 Å². The third kappa shape index (κ3) is 1.42. The van der Waals surface area contributed by atoms with Crippen LogP contribution >= 0.6 is 0 Å². The normalized spacial score (nSPS) is 21.2. The van der Waals surface area contributed by atoms with Gasteiger partial charge in [0.05, 0.1) is 0 Å². The molecule has 70 valence electrons. The lowest BCUT2D eigenvalue weighted by Crippen LogP contribution is -2.36. The highest BCUT2D eigenvalue weighted by atomic mass is 16.2. The molecular weight excluding hydrogens is 170 g/mol. The molecule has 1 aromatic rings. The van der Waals surface area contributed by atoms with Crippen molar-refractivity contribution in [3.63, 3.8) is 0 Å². The fraction of sp³-hybridized carbons (Fsp3) is 0.500. The highest BCUT2D eigenvalue weighted by Crippen LogP contribution is 2.13. The van der Waals surface area contributed by atoms with E-state index in [9.17, 15) is 9.59 Å². The third-order valence-electron chi connectivity index (χ3n) is 2.36. The molecule has 1 aliphatic carbocycles. The predicted octanol–water partition coefficient (Wildman–Crippen LogP) is -1.12. The molecule has 0 fully saturated rings. The van der Waals surface area contributed by atoms with Gasteiger partial charge in [0.15, 0.2) is 0 Å². The van der Waals surface area contributed by atoms with Crippen LogP contribution in [0.2, 0.25) is 0 Å². The molecule has 0 bridgehead atoms. The number of rotatable bonds is 0. The van der Waals surface area contributed by atoms with Crippen LogP contribution < -0.4 is 17.0 Å². The average Bonchev–Trinajstić information content (AvgIpc) is 2.06. The van der Waals surface area contributed by atoms with E-state index in [1.807, 2.05) is 0 Å². The van der Waals surface area contributed by atoms with Gasteiger partial charge in [0, 0.05) is 17.3 Å². The van der Waals surface area contributed by atoms with Crippen molar-refractivity contribution in [1.29, 1.82) is 0 Å². The Kier molecular flexibility index (Phi) is 1.81. The molecule has 0 radical (unpaired) electrons. The molecule has 13 heavy (non-hydrogen) atoms. The SMILES string of the molecule is NC1CCc2[nH]c(=O)[nH]c(=O)c2C1. The molecule has 1 heterocycles. The number of hydrogen-bond acceptors (Lipinski definition) is 3. The summed E-state index contributed by atoms with van der Waals surface area (Å²) < 4.78 is 0. The summed E-state index contributed by atoms with van der Waals surface area (Å²) in [6.07, 6.45) is 2.07. The molecule has 0 aliphatic heterocycles. The quantitative estimate of drug-likeness (QED) is 0.473. The average molecular weight is 181 g/mol. The summed E-state index contributed by atoms with van der Waals surface area (Å²) in [5, 5.41) is 0. The maximum Gasteiger partial charge on any atom is 0.325 e. The number of H-pyrrole nitrogens is 2. The van der Waals surface area contributed by atoms with Gasteiger partial charge in [0.1, 0.15) is 0 Å². The summed E-state index contributed by atoms with van der Waals surface area (Å²) in [6, 6.07) is 0.0412. The van der Waals surface area contributed by atoms with E-state index in [-0.39, 0.29) is 11.6 Å². The van der Waals surface area contributed by atoms with Gasteiger partial charge in [-0.3, -0.25) is 9.78 Å². The molecule has 5 nitrogen and oxygen atoms in total. The van der Waals surface area contributed by atoms with Gasteiger partial charge >= 0.3 is 5.69 Å². The van der Waals surface area contributed by atoms with Crippen molar-refractivity contribution < 1.29 is 0 Å². The van der Waals surface area contributed by atoms with Crippen molar-refractivity contribution in [3.8, 4) is 0 Å². The first kappa shape index (κ1) is 8.25. The van der Waals surface area contributed by atoms with Gasteiger partial charge in [-0.15, -0.1) is 0 Å². The maximum absolute atomic E-state index is 11.3. The Hall–Kier alpha value is -1.36. The van der Waals surface area contributed by atoms with Crippen LogP contribution in [-0.4, -0.2) is 16.0 Å². The topological polar surface area (TPSA) is 91.7 Å². The molecule has 0 aromatic carbocycles. The molecule has 1 atom stereocenters. The zero-order valence-electron chi connectivity index (χ0n) is 7.09. The summed E-state index contributed by atoms with van der Waals surface area (Å²) in [6.45, 7) is 0. The van der Waals surface area contributed by atoms with E-state index in [0.29, 0.717) is 18.4 Å². The second-order valence-electron chi connectivity index (χ2n) is 3.37. The highest BCUT2D eigenvalue weighted by molar-refractivity contribution is 5.20. The van der Waals surface area contributed by atoms with Crippen LogP contribution in [0.25, 0.3) is 0 Å². The number of hydrogen-bond donors (Lipinski definition) is 3. The minimum atomic E-state index is -0.431. The fourth-order valence-corrected chi connectivity index (χ4v) is 1.68. The number of nitrogens with one attached hydrogen (secondary N) is 2. The molecular formula is C8H11N3O2. The Bertz CT molecular complexity index is 432. The van der Waals surface area contributed by atoms with Crippen LogP contribution in [0.4, 0.5) is 0 Å². The number of aromatic nitrogens is 2. The highest BCUT2D eigenvalue weighted by Gasteiger charge is 2.18. The standard InChI is InChI=1S/C8H11N3O2/c9-4-1-2-6-5(3-4)7(12)11-8(13)10-6/h4H,1-3,9H2,(H2,10,11,12,13). The Morgan fingerprint density at radius 2 is 2.08 bits per heavy atom. The van der Waals surface area contributed by atoms with Crippen molar-refractivity contribution >= 4 is 0 Å². The maximum atomic E-state index is 11.3. The summed E-state index contributed by atoms with van der Waals surface area (Å²) in [7, 11) is 0. The molecule has 1 unspecified atom stereocenters. The fourth-order valence-electron chi connectivity index (χ4n) is 1.68. The minimum Gasteiger partial charge on any atom is -0.327 e. The van der Waals surface area contributed by atoms with E-state index in [4.69, 9.17) is 5.73 Å². The van der Waals surface area contributed by atoms with Gasteiger partial charge in [0.25, 0.3) is 5.56 Å². The van der Waals surface area contributed by atoms with Gasteiger partial charge in [-0.25, -0.2) is 4.79 Å². The first-order chi connectivity index (χ1) is 6.16. The zero-order chi connectivity index (χ0) is 9.42. The van der Waals surface area contributed by atoms with Crippen molar-refractivity contribution in [2.24, 2.45) is 5.73 Å². The van der Waals surface area contributed by atoms with Crippen LogP contribution in [-0.2, 0) is 12.8 Å². The molecule has 0 saturated carbocycles. The Labute approximate surface area is 74.0 Å². The monoisotopic (exact) mass is 181 g/mol. The summed E-state index contributed by atoms with van der Waals surface area (Å²) in [5.41, 5.74) is 6.37. The second-order valence-corrected chi connectivity index (χ2v) is 3.37. The lowest BCUT2D eigenvalue weighted by atomic mass is 9.93. The number of fused-ring (bicyclic) bond motifs is 1. The van der Waals surface area contributed by atoms with E-state index in [2.05, 4.69) is 9.97 Å². The smallest absolute Gasteiger partial charge is 0.325 e. The van der Waals surface area contributed by atoms with E-state index < -0.39 is 5.69 Å². The lowest BCUT2D eigenvalue weighted by Gasteiger charge is -2.19. The Morgan fingerprint density at radius 3 is 2.85 bits per heavy atom. The summed E-state index contributed by atoms with van der Waals surface area (Å²) >= 11 is 0. The van der Waals surface area contributed by atoms with E-state index in [1.54, 1.807) is 0 Å². The Balaban J connectivity index is 2.60. The zero-order valence-corrected chi connectivity index (χ0v) is 7.09. The van der Waals surface area contributed by atoms with E-state index in [0.717, 1.165) is 12.1 Å².